The van der Waals surface area contributed by atoms with Gasteiger partial charge in [-0.25, -0.2) is 0 Å². The molecular weight excluding hydrogens is 356 g/mol. The van der Waals surface area contributed by atoms with Gasteiger partial charge in [0.1, 0.15) is 11.5 Å². The zero-order valence-electron chi connectivity index (χ0n) is 17.2. The van der Waals surface area contributed by atoms with E-state index in [1.165, 1.54) is 0 Å². The van der Waals surface area contributed by atoms with Crippen LogP contribution in [0.15, 0.2) is 18.2 Å². The number of hydrogen-bond acceptors (Lipinski definition) is 4. The van der Waals surface area contributed by atoms with Crippen molar-refractivity contribution in [3.05, 3.63) is 18.2 Å². The Morgan fingerprint density at radius 3 is 2.21 bits per heavy atom. The second-order valence-corrected chi connectivity index (χ2v) is 8.11. The zero-order valence-corrected chi connectivity index (χ0v) is 17.2. The summed E-state index contributed by atoms with van der Waals surface area (Å²) in [6.45, 7) is 4.02. The number of hydrogen-bond donors (Lipinski definition) is 1. The SMILES string of the molecule is COc1ccc(OC)c(NC(=O)C2CCC(C(=O)N3CCC(C)CC3)CC2)c1. The molecule has 2 amide bonds. The maximum Gasteiger partial charge on any atom is 0.227 e. The number of carbonyl (C=O) groups excluding carboxylic acids is 2. The van der Waals surface area contributed by atoms with Crippen molar-refractivity contribution < 1.29 is 19.1 Å². The van der Waals surface area contributed by atoms with Gasteiger partial charge in [0.25, 0.3) is 0 Å². The molecule has 1 aromatic rings. The highest BCUT2D eigenvalue weighted by Gasteiger charge is 2.33. The van der Waals surface area contributed by atoms with E-state index in [4.69, 9.17) is 9.47 Å². The van der Waals surface area contributed by atoms with Crippen molar-refractivity contribution in [2.45, 2.75) is 45.4 Å². The fourth-order valence-electron chi connectivity index (χ4n) is 4.24. The second kappa shape index (κ2) is 9.30. The summed E-state index contributed by atoms with van der Waals surface area (Å²) in [4.78, 5) is 27.6. The number of likely N-dealkylation sites (tertiary alicyclic amines) is 1. The summed E-state index contributed by atoms with van der Waals surface area (Å²) in [5.41, 5.74) is 0.618. The molecule has 1 aliphatic heterocycles. The van der Waals surface area contributed by atoms with Crippen molar-refractivity contribution in [1.29, 1.82) is 0 Å². The average Bonchev–Trinajstić information content (AvgIpc) is 2.73. The first-order valence-corrected chi connectivity index (χ1v) is 10.3. The number of anilines is 1. The van der Waals surface area contributed by atoms with E-state index >= 15 is 0 Å². The van der Waals surface area contributed by atoms with Gasteiger partial charge >= 0.3 is 0 Å². The van der Waals surface area contributed by atoms with Gasteiger partial charge in [0.05, 0.1) is 19.9 Å². The number of ether oxygens (including phenoxy) is 2. The summed E-state index contributed by atoms with van der Waals surface area (Å²) in [5.74, 6) is 2.28. The van der Waals surface area contributed by atoms with E-state index in [0.717, 1.165) is 57.5 Å². The molecule has 3 rings (SSSR count). The fraction of sp³-hybridized carbons (Fsp3) is 0.636. The molecule has 1 N–H and O–H groups in total. The van der Waals surface area contributed by atoms with E-state index in [0.29, 0.717) is 23.1 Å². The standard InChI is InChI=1S/C22H32N2O4/c1-15-10-12-24(13-11-15)22(26)17-6-4-16(5-7-17)21(25)23-19-14-18(27-2)8-9-20(19)28-3/h8-9,14-17H,4-7,10-13H2,1-3H3,(H,23,25). The Morgan fingerprint density at radius 2 is 1.61 bits per heavy atom. The molecule has 2 aliphatic rings. The van der Waals surface area contributed by atoms with E-state index in [9.17, 15) is 9.59 Å². The largest absolute Gasteiger partial charge is 0.497 e. The summed E-state index contributed by atoms with van der Waals surface area (Å²) in [5, 5.41) is 2.98. The Hall–Kier alpha value is -2.24. The molecule has 0 unspecified atom stereocenters. The van der Waals surface area contributed by atoms with E-state index in [-0.39, 0.29) is 17.7 Å². The molecule has 1 saturated heterocycles. The minimum Gasteiger partial charge on any atom is -0.497 e. The summed E-state index contributed by atoms with van der Waals surface area (Å²) < 4.78 is 10.6. The molecule has 0 bridgehead atoms. The molecular formula is C22H32N2O4. The van der Waals surface area contributed by atoms with Gasteiger partial charge in [-0.1, -0.05) is 6.92 Å². The molecule has 0 radical (unpaired) electrons. The Bertz CT molecular complexity index is 690. The third-order valence-corrected chi connectivity index (χ3v) is 6.21. The minimum absolute atomic E-state index is 0.00995. The third-order valence-electron chi connectivity index (χ3n) is 6.21. The van der Waals surface area contributed by atoms with Crippen molar-refractivity contribution in [3.63, 3.8) is 0 Å². The monoisotopic (exact) mass is 388 g/mol. The lowest BCUT2D eigenvalue weighted by Crippen LogP contribution is -2.42. The molecule has 154 valence electrons. The lowest BCUT2D eigenvalue weighted by atomic mass is 9.80. The normalized spacial score (nSPS) is 23.2. The maximum absolute atomic E-state index is 12.8. The van der Waals surface area contributed by atoms with E-state index in [1.807, 2.05) is 4.90 Å². The first-order valence-electron chi connectivity index (χ1n) is 10.3. The highest BCUT2D eigenvalue weighted by atomic mass is 16.5. The Balaban J connectivity index is 1.53. The van der Waals surface area contributed by atoms with Gasteiger partial charge in [0.2, 0.25) is 11.8 Å². The first kappa shape index (κ1) is 20.5. The summed E-state index contributed by atoms with van der Waals surface area (Å²) in [6.07, 6.45) is 5.28. The highest BCUT2D eigenvalue weighted by Crippen LogP contribution is 2.34. The molecule has 2 fully saturated rings. The quantitative estimate of drug-likeness (QED) is 0.835. The van der Waals surface area contributed by atoms with Crippen LogP contribution in [-0.4, -0.2) is 44.0 Å². The average molecular weight is 389 g/mol. The molecule has 1 saturated carbocycles. The second-order valence-electron chi connectivity index (χ2n) is 8.11. The van der Waals surface area contributed by atoms with Crippen LogP contribution < -0.4 is 14.8 Å². The first-order chi connectivity index (χ1) is 13.5. The molecule has 28 heavy (non-hydrogen) atoms. The number of carbonyl (C=O) groups is 2. The van der Waals surface area contributed by atoms with Crippen molar-refractivity contribution >= 4 is 17.5 Å². The summed E-state index contributed by atoms with van der Waals surface area (Å²) in [7, 11) is 3.17. The number of nitrogens with one attached hydrogen (secondary N) is 1. The van der Waals surface area contributed by atoms with Gasteiger partial charge in [0, 0.05) is 31.0 Å². The van der Waals surface area contributed by atoms with Crippen LogP contribution in [0.1, 0.15) is 45.4 Å². The number of rotatable bonds is 5. The molecule has 0 aromatic heterocycles. The van der Waals surface area contributed by atoms with Crippen LogP contribution in [0, 0.1) is 17.8 Å². The van der Waals surface area contributed by atoms with Crippen LogP contribution in [0.5, 0.6) is 11.5 Å². The van der Waals surface area contributed by atoms with Gasteiger partial charge < -0.3 is 19.7 Å². The van der Waals surface area contributed by atoms with Crippen LogP contribution in [0.4, 0.5) is 5.69 Å². The van der Waals surface area contributed by atoms with Crippen molar-refractivity contribution in [2.24, 2.45) is 17.8 Å². The van der Waals surface area contributed by atoms with Crippen LogP contribution in [-0.2, 0) is 9.59 Å². The number of amides is 2. The van der Waals surface area contributed by atoms with E-state index < -0.39 is 0 Å². The zero-order chi connectivity index (χ0) is 20.1. The topological polar surface area (TPSA) is 67.9 Å². The highest BCUT2D eigenvalue weighted by molar-refractivity contribution is 5.94. The van der Waals surface area contributed by atoms with Crippen molar-refractivity contribution in [3.8, 4) is 11.5 Å². The number of methoxy groups -OCH3 is 2. The van der Waals surface area contributed by atoms with Gasteiger partial charge in [-0.15, -0.1) is 0 Å². The third kappa shape index (κ3) is 4.78. The van der Waals surface area contributed by atoms with Crippen LogP contribution in [0.2, 0.25) is 0 Å². The predicted molar refractivity (Wildman–Crippen MR) is 109 cm³/mol. The van der Waals surface area contributed by atoms with Gasteiger partial charge in [-0.2, -0.15) is 0 Å². The molecule has 1 aromatic carbocycles. The predicted octanol–water partition coefficient (Wildman–Crippen LogP) is 3.71. The van der Waals surface area contributed by atoms with Crippen molar-refractivity contribution in [2.75, 3.05) is 32.6 Å². The Morgan fingerprint density at radius 1 is 0.964 bits per heavy atom. The van der Waals surface area contributed by atoms with Gasteiger partial charge in [0.15, 0.2) is 0 Å². The van der Waals surface area contributed by atoms with Gasteiger partial charge in [-0.05, 0) is 56.6 Å². The lowest BCUT2D eigenvalue weighted by molar-refractivity contribution is -0.139. The number of piperidine rings is 1. The molecule has 6 heteroatoms. The van der Waals surface area contributed by atoms with Crippen LogP contribution in [0.3, 0.4) is 0 Å². The van der Waals surface area contributed by atoms with Crippen molar-refractivity contribution in [1.82, 2.24) is 4.90 Å². The smallest absolute Gasteiger partial charge is 0.227 e. The number of nitrogens with zero attached hydrogens (tertiary/aromatic N) is 1. The molecule has 0 spiro atoms. The van der Waals surface area contributed by atoms with E-state index in [1.54, 1.807) is 32.4 Å². The minimum atomic E-state index is -0.0682. The Kier molecular flexibility index (Phi) is 6.81. The Labute approximate surface area is 167 Å². The molecule has 6 nitrogen and oxygen atoms in total. The van der Waals surface area contributed by atoms with Crippen LogP contribution >= 0.6 is 0 Å². The fourth-order valence-corrected chi connectivity index (χ4v) is 4.24. The van der Waals surface area contributed by atoms with E-state index in [2.05, 4.69) is 12.2 Å². The van der Waals surface area contributed by atoms with Gasteiger partial charge in [-0.3, -0.25) is 9.59 Å². The lowest BCUT2D eigenvalue weighted by Gasteiger charge is -2.35. The molecule has 0 atom stereocenters. The summed E-state index contributed by atoms with van der Waals surface area (Å²) >= 11 is 0. The molecule has 1 heterocycles. The maximum atomic E-state index is 12.8. The summed E-state index contributed by atoms with van der Waals surface area (Å²) in [6, 6.07) is 5.35. The number of benzene rings is 1. The van der Waals surface area contributed by atoms with Crippen LogP contribution in [0.25, 0.3) is 0 Å². The molecule has 1 aliphatic carbocycles.